The number of ether oxygens (including phenoxy) is 1. The summed E-state index contributed by atoms with van der Waals surface area (Å²) < 4.78 is 5.34. The van der Waals surface area contributed by atoms with E-state index in [1.54, 1.807) is 18.4 Å². The third kappa shape index (κ3) is 3.22. The molecule has 0 saturated carbocycles. The highest BCUT2D eigenvalue weighted by Gasteiger charge is 2.12. The van der Waals surface area contributed by atoms with Crippen LogP contribution in [0, 0.1) is 13.8 Å². The Labute approximate surface area is 124 Å². The van der Waals surface area contributed by atoms with Gasteiger partial charge in [-0.25, -0.2) is 0 Å². The van der Waals surface area contributed by atoms with Gasteiger partial charge >= 0.3 is 0 Å². The van der Waals surface area contributed by atoms with Crippen LogP contribution in [0.15, 0.2) is 18.2 Å². The Hall–Kier alpha value is -1.75. The normalized spacial score (nSPS) is 10.4. The Kier molecular flexibility index (Phi) is 4.49. The van der Waals surface area contributed by atoms with E-state index < -0.39 is 0 Å². The van der Waals surface area contributed by atoms with Gasteiger partial charge in [0.1, 0.15) is 0 Å². The number of benzene rings is 1. The maximum atomic E-state index is 5.34. The van der Waals surface area contributed by atoms with Crippen molar-refractivity contribution in [3.8, 4) is 5.88 Å². The van der Waals surface area contributed by atoms with E-state index in [0.29, 0.717) is 5.88 Å². The van der Waals surface area contributed by atoms with Gasteiger partial charge in [-0.05, 0) is 37.1 Å². The van der Waals surface area contributed by atoms with Gasteiger partial charge in [-0.1, -0.05) is 17.4 Å². The van der Waals surface area contributed by atoms with Gasteiger partial charge in [-0.2, -0.15) is 4.98 Å². The first-order valence-corrected chi connectivity index (χ1v) is 7.35. The first-order valence-electron chi connectivity index (χ1n) is 6.53. The van der Waals surface area contributed by atoms with E-state index in [4.69, 9.17) is 4.74 Å². The van der Waals surface area contributed by atoms with E-state index >= 15 is 0 Å². The zero-order chi connectivity index (χ0) is 14.7. The summed E-state index contributed by atoms with van der Waals surface area (Å²) in [5, 5.41) is 4.39. The third-order valence-electron chi connectivity index (χ3n) is 3.19. The summed E-state index contributed by atoms with van der Waals surface area (Å²) in [5.41, 5.74) is 3.72. The molecule has 1 N–H and O–H groups in total. The lowest BCUT2D eigenvalue weighted by molar-refractivity contribution is 0.397. The maximum absolute atomic E-state index is 5.34. The Morgan fingerprint density at radius 3 is 2.60 bits per heavy atom. The molecule has 0 atom stereocenters. The van der Waals surface area contributed by atoms with Crippen LogP contribution in [-0.4, -0.2) is 26.2 Å². The van der Waals surface area contributed by atoms with Crippen LogP contribution in [0.2, 0.25) is 0 Å². The number of aromatic nitrogens is 1. The summed E-state index contributed by atoms with van der Waals surface area (Å²) >= 11 is 1.65. The van der Waals surface area contributed by atoms with Crippen molar-refractivity contribution in [2.75, 3.05) is 31.4 Å². The molecule has 0 saturated heterocycles. The number of hydrogen-bond donors (Lipinski definition) is 1. The minimum Gasteiger partial charge on any atom is -0.480 e. The zero-order valence-corrected chi connectivity index (χ0v) is 13.5. The summed E-state index contributed by atoms with van der Waals surface area (Å²) in [6.45, 7) is 4.96. The van der Waals surface area contributed by atoms with E-state index in [2.05, 4.69) is 42.3 Å². The van der Waals surface area contributed by atoms with Crippen molar-refractivity contribution >= 4 is 22.2 Å². The summed E-state index contributed by atoms with van der Waals surface area (Å²) in [4.78, 5) is 7.55. The molecule has 0 unspecified atom stereocenters. The van der Waals surface area contributed by atoms with Crippen LogP contribution in [0.4, 0.5) is 10.8 Å². The van der Waals surface area contributed by atoms with Crippen LogP contribution in [0.25, 0.3) is 0 Å². The van der Waals surface area contributed by atoms with Crippen LogP contribution in [0.3, 0.4) is 0 Å². The fourth-order valence-corrected chi connectivity index (χ4v) is 2.71. The molecule has 2 aromatic rings. The SMILES string of the molecule is COc1nc(N(C)C)sc1CNc1ccc(C)c(C)c1. The number of aryl methyl sites for hydroxylation is 2. The zero-order valence-electron chi connectivity index (χ0n) is 12.7. The van der Waals surface area contributed by atoms with E-state index in [1.165, 1.54) is 11.1 Å². The molecule has 2 rings (SSSR count). The quantitative estimate of drug-likeness (QED) is 0.915. The smallest absolute Gasteiger partial charge is 0.231 e. The number of thiazole rings is 1. The standard InChI is InChI=1S/C15H21N3OS/c1-10-6-7-12(8-11(10)2)16-9-13-14(19-5)17-15(20-13)18(3)4/h6-8,16H,9H2,1-5H3. The molecule has 108 valence electrons. The minimum atomic E-state index is 0.704. The molecule has 0 amide bonds. The lowest BCUT2D eigenvalue weighted by Gasteiger charge is -2.08. The van der Waals surface area contributed by atoms with Crippen molar-refractivity contribution in [2.24, 2.45) is 0 Å². The molecule has 1 aromatic heterocycles. The van der Waals surface area contributed by atoms with Gasteiger partial charge in [0.2, 0.25) is 5.88 Å². The average molecular weight is 291 g/mol. The first kappa shape index (κ1) is 14.7. The van der Waals surface area contributed by atoms with E-state index in [-0.39, 0.29) is 0 Å². The van der Waals surface area contributed by atoms with Crippen LogP contribution in [0.1, 0.15) is 16.0 Å². The van der Waals surface area contributed by atoms with E-state index in [9.17, 15) is 0 Å². The Bertz CT molecular complexity index is 593. The van der Waals surface area contributed by atoms with Crippen molar-refractivity contribution < 1.29 is 4.74 Å². The second-order valence-electron chi connectivity index (χ2n) is 4.98. The highest BCUT2D eigenvalue weighted by atomic mass is 32.1. The molecule has 0 fully saturated rings. The molecule has 4 nitrogen and oxygen atoms in total. The summed E-state index contributed by atoms with van der Waals surface area (Å²) in [7, 11) is 5.63. The average Bonchev–Trinajstić information content (AvgIpc) is 2.83. The monoisotopic (exact) mass is 291 g/mol. The fourth-order valence-electron chi connectivity index (χ4n) is 1.82. The number of anilines is 2. The predicted molar refractivity (Wildman–Crippen MR) is 86.2 cm³/mol. The molecule has 0 bridgehead atoms. The van der Waals surface area contributed by atoms with Crippen molar-refractivity contribution in [2.45, 2.75) is 20.4 Å². The lowest BCUT2D eigenvalue weighted by atomic mass is 10.1. The molecule has 5 heteroatoms. The van der Waals surface area contributed by atoms with Gasteiger partial charge in [0.15, 0.2) is 5.13 Å². The molecular weight excluding hydrogens is 270 g/mol. The van der Waals surface area contributed by atoms with Gasteiger partial charge in [0.25, 0.3) is 0 Å². The van der Waals surface area contributed by atoms with Crippen LogP contribution >= 0.6 is 11.3 Å². The van der Waals surface area contributed by atoms with Gasteiger partial charge in [0.05, 0.1) is 18.5 Å². The summed E-state index contributed by atoms with van der Waals surface area (Å²) in [6, 6.07) is 6.39. The molecule has 20 heavy (non-hydrogen) atoms. The third-order valence-corrected chi connectivity index (χ3v) is 4.39. The molecule has 0 aliphatic carbocycles. The Balaban J connectivity index is 2.11. The molecule has 0 radical (unpaired) electrons. The highest BCUT2D eigenvalue weighted by molar-refractivity contribution is 7.15. The molecule has 0 aliphatic rings. The largest absolute Gasteiger partial charge is 0.480 e. The molecular formula is C15H21N3OS. The second-order valence-corrected chi connectivity index (χ2v) is 6.04. The van der Waals surface area contributed by atoms with Gasteiger partial charge in [0, 0.05) is 19.8 Å². The molecule has 1 heterocycles. The number of methoxy groups -OCH3 is 1. The highest BCUT2D eigenvalue weighted by Crippen LogP contribution is 2.31. The summed E-state index contributed by atoms with van der Waals surface area (Å²) in [5.74, 6) is 0.704. The Morgan fingerprint density at radius 1 is 1.25 bits per heavy atom. The molecule has 1 aromatic carbocycles. The lowest BCUT2D eigenvalue weighted by Crippen LogP contribution is -2.07. The van der Waals surface area contributed by atoms with Gasteiger partial charge in [-0.3, -0.25) is 0 Å². The predicted octanol–water partition coefficient (Wildman–Crippen LogP) is 3.45. The number of nitrogens with zero attached hydrogens (tertiary/aromatic N) is 2. The van der Waals surface area contributed by atoms with Crippen molar-refractivity contribution in [3.63, 3.8) is 0 Å². The second kappa shape index (κ2) is 6.13. The van der Waals surface area contributed by atoms with Crippen molar-refractivity contribution in [1.29, 1.82) is 0 Å². The van der Waals surface area contributed by atoms with E-state index in [0.717, 1.165) is 22.2 Å². The molecule has 0 aliphatic heterocycles. The first-order chi connectivity index (χ1) is 9.51. The van der Waals surface area contributed by atoms with Crippen molar-refractivity contribution in [3.05, 3.63) is 34.2 Å². The maximum Gasteiger partial charge on any atom is 0.231 e. The van der Waals surface area contributed by atoms with Crippen LogP contribution in [-0.2, 0) is 6.54 Å². The molecule has 0 spiro atoms. The van der Waals surface area contributed by atoms with Crippen LogP contribution in [0.5, 0.6) is 5.88 Å². The topological polar surface area (TPSA) is 37.4 Å². The fraction of sp³-hybridized carbons (Fsp3) is 0.400. The van der Waals surface area contributed by atoms with Gasteiger partial charge in [-0.15, -0.1) is 0 Å². The van der Waals surface area contributed by atoms with Crippen LogP contribution < -0.4 is 15.0 Å². The number of nitrogens with one attached hydrogen (secondary N) is 1. The van der Waals surface area contributed by atoms with E-state index in [1.807, 2.05) is 19.0 Å². The summed E-state index contributed by atoms with van der Waals surface area (Å²) in [6.07, 6.45) is 0. The van der Waals surface area contributed by atoms with Crippen molar-refractivity contribution in [1.82, 2.24) is 4.98 Å². The Morgan fingerprint density at radius 2 is 2.00 bits per heavy atom. The minimum absolute atomic E-state index is 0.704. The van der Waals surface area contributed by atoms with Gasteiger partial charge < -0.3 is 15.0 Å². The number of rotatable bonds is 5. The number of hydrogen-bond acceptors (Lipinski definition) is 5.